The number of hydrogen-bond donors (Lipinski definition) is 2. The Morgan fingerprint density at radius 3 is 2.75 bits per heavy atom. The van der Waals surface area contributed by atoms with Crippen molar-refractivity contribution in [2.45, 2.75) is 51.0 Å². The van der Waals surface area contributed by atoms with Gasteiger partial charge in [-0.1, -0.05) is 37.5 Å². The van der Waals surface area contributed by atoms with Gasteiger partial charge in [0.05, 0.1) is 17.9 Å². The molecular weight excluding hydrogens is 400 g/mol. The Labute approximate surface area is 189 Å². The number of carbonyl (C=O) groups is 1. The first-order valence-corrected chi connectivity index (χ1v) is 11.9. The molecule has 1 aromatic heterocycles. The normalized spacial score (nSPS) is 19.0. The second-order valence-corrected chi connectivity index (χ2v) is 9.31. The highest BCUT2D eigenvalue weighted by Gasteiger charge is 2.30. The summed E-state index contributed by atoms with van der Waals surface area (Å²) in [5.74, 6) is 0.906. The van der Waals surface area contributed by atoms with Gasteiger partial charge in [-0.15, -0.1) is 0 Å². The molecule has 1 atom stereocenters. The van der Waals surface area contributed by atoms with Crippen LogP contribution in [0.3, 0.4) is 0 Å². The summed E-state index contributed by atoms with van der Waals surface area (Å²) in [6, 6.07) is 14.1. The third-order valence-electron chi connectivity index (χ3n) is 7.22. The maximum atomic E-state index is 11.8. The molecule has 2 heterocycles. The Morgan fingerprint density at radius 1 is 1.16 bits per heavy atom. The minimum Gasteiger partial charge on any atom is -0.493 e. The Kier molecular flexibility index (Phi) is 5.92. The maximum Gasteiger partial charge on any atom is 0.335 e. The second kappa shape index (κ2) is 8.99. The molecule has 2 aliphatic rings. The topological polar surface area (TPSA) is 63.5 Å². The van der Waals surface area contributed by atoms with Crippen LogP contribution in [0.2, 0.25) is 0 Å². The van der Waals surface area contributed by atoms with Crippen molar-refractivity contribution < 1.29 is 14.6 Å². The number of rotatable bonds is 5. The molecule has 0 amide bonds. The molecular formula is C27H32N2O3. The monoisotopic (exact) mass is 432 g/mol. The van der Waals surface area contributed by atoms with Crippen molar-refractivity contribution in [2.75, 3.05) is 20.2 Å². The lowest BCUT2D eigenvalue weighted by Crippen LogP contribution is -2.25. The molecule has 168 valence electrons. The van der Waals surface area contributed by atoms with E-state index in [-0.39, 0.29) is 0 Å². The highest BCUT2D eigenvalue weighted by molar-refractivity contribution is 5.98. The molecule has 5 nitrogen and oxygen atoms in total. The summed E-state index contributed by atoms with van der Waals surface area (Å²) in [5, 5.41) is 14.2. The average Bonchev–Trinajstić information content (AvgIpc) is 3.12. The first-order chi connectivity index (χ1) is 15.7. The van der Waals surface area contributed by atoms with E-state index in [1.54, 1.807) is 6.07 Å². The molecule has 32 heavy (non-hydrogen) atoms. The highest BCUT2D eigenvalue weighted by atomic mass is 16.5. The molecule has 2 aromatic carbocycles. The Balaban J connectivity index is 1.78. The standard InChI is InChI=1S/C27H32N2O3/c1-28-14-13-18-16-29-23-15-20(27(30)31)11-12-21(23)25(19-7-3-2-4-8-19)26(29)22-9-5-6-10-24(22)32-17-18/h5-6,9-12,15,18-19,28H,2-4,7-8,13-14,16-17H2,1H3,(H,30,31)/t18-/m1/s1. The van der Waals surface area contributed by atoms with E-state index in [1.807, 2.05) is 25.2 Å². The molecule has 1 aliphatic carbocycles. The van der Waals surface area contributed by atoms with Gasteiger partial charge in [0.15, 0.2) is 0 Å². The van der Waals surface area contributed by atoms with Crippen LogP contribution in [-0.2, 0) is 6.54 Å². The first kappa shape index (κ1) is 21.1. The smallest absolute Gasteiger partial charge is 0.335 e. The van der Waals surface area contributed by atoms with Gasteiger partial charge in [0.1, 0.15) is 5.75 Å². The fraction of sp³-hybridized carbons (Fsp3) is 0.444. The first-order valence-electron chi connectivity index (χ1n) is 11.9. The molecule has 1 aliphatic heterocycles. The predicted molar refractivity (Wildman–Crippen MR) is 128 cm³/mol. The minimum atomic E-state index is -0.872. The Hall–Kier alpha value is -2.79. The molecule has 1 fully saturated rings. The summed E-state index contributed by atoms with van der Waals surface area (Å²) in [4.78, 5) is 11.8. The van der Waals surface area contributed by atoms with Crippen LogP contribution in [0.15, 0.2) is 42.5 Å². The third kappa shape index (κ3) is 3.79. The molecule has 3 aromatic rings. The number of benzene rings is 2. The summed E-state index contributed by atoms with van der Waals surface area (Å²) in [6.45, 7) is 2.42. The van der Waals surface area contributed by atoms with Gasteiger partial charge in [-0.05, 0) is 68.6 Å². The molecule has 0 saturated heterocycles. The number of hydrogen-bond acceptors (Lipinski definition) is 3. The predicted octanol–water partition coefficient (Wildman–Crippen LogP) is 5.67. The molecule has 0 radical (unpaired) electrons. The van der Waals surface area contributed by atoms with Crippen LogP contribution in [0.4, 0.5) is 0 Å². The second-order valence-electron chi connectivity index (χ2n) is 9.31. The average molecular weight is 433 g/mol. The van der Waals surface area contributed by atoms with Crippen molar-refractivity contribution in [3.8, 4) is 17.0 Å². The largest absolute Gasteiger partial charge is 0.493 e. The van der Waals surface area contributed by atoms with Crippen molar-refractivity contribution >= 4 is 16.9 Å². The molecule has 0 unspecified atom stereocenters. The molecule has 2 N–H and O–H groups in total. The lowest BCUT2D eigenvalue weighted by atomic mass is 9.81. The van der Waals surface area contributed by atoms with Crippen LogP contribution in [0.25, 0.3) is 22.2 Å². The Morgan fingerprint density at radius 2 is 1.97 bits per heavy atom. The van der Waals surface area contributed by atoms with Gasteiger partial charge in [0.2, 0.25) is 0 Å². The van der Waals surface area contributed by atoms with E-state index in [1.165, 1.54) is 48.7 Å². The van der Waals surface area contributed by atoms with Gasteiger partial charge in [0.25, 0.3) is 0 Å². The van der Waals surface area contributed by atoms with Crippen LogP contribution in [0.1, 0.15) is 60.4 Å². The summed E-state index contributed by atoms with van der Waals surface area (Å²) in [6.07, 6.45) is 7.21. The lowest BCUT2D eigenvalue weighted by Gasteiger charge is -2.28. The number of para-hydroxylation sites is 1. The van der Waals surface area contributed by atoms with Gasteiger partial charge in [-0.2, -0.15) is 0 Å². The summed E-state index contributed by atoms with van der Waals surface area (Å²) < 4.78 is 8.77. The van der Waals surface area contributed by atoms with Gasteiger partial charge in [-0.3, -0.25) is 0 Å². The van der Waals surface area contributed by atoms with Crippen LogP contribution in [-0.4, -0.2) is 35.8 Å². The van der Waals surface area contributed by atoms with Gasteiger partial charge in [-0.25, -0.2) is 4.79 Å². The van der Waals surface area contributed by atoms with Crippen molar-refractivity contribution in [3.05, 3.63) is 53.6 Å². The van der Waals surface area contributed by atoms with Gasteiger partial charge in [0, 0.05) is 28.9 Å². The molecule has 1 saturated carbocycles. The van der Waals surface area contributed by atoms with Crippen LogP contribution < -0.4 is 10.1 Å². The molecule has 5 heteroatoms. The van der Waals surface area contributed by atoms with Crippen LogP contribution in [0, 0.1) is 5.92 Å². The van der Waals surface area contributed by atoms with E-state index in [9.17, 15) is 9.90 Å². The van der Waals surface area contributed by atoms with Crippen LogP contribution in [0.5, 0.6) is 5.75 Å². The van der Waals surface area contributed by atoms with E-state index >= 15 is 0 Å². The number of nitrogens with zero attached hydrogens (tertiary/aromatic N) is 1. The zero-order valence-electron chi connectivity index (χ0n) is 18.8. The number of carboxylic acids is 1. The number of ether oxygens (including phenoxy) is 1. The zero-order chi connectivity index (χ0) is 22.1. The van der Waals surface area contributed by atoms with E-state index < -0.39 is 5.97 Å². The highest BCUT2D eigenvalue weighted by Crippen LogP contribution is 2.47. The fourth-order valence-corrected chi connectivity index (χ4v) is 5.62. The Bertz CT molecular complexity index is 1130. The summed E-state index contributed by atoms with van der Waals surface area (Å²) in [5.41, 5.74) is 5.16. The van der Waals surface area contributed by atoms with E-state index in [0.29, 0.717) is 24.0 Å². The van der Waals surface area contributed by atoms with E-state index in [0.717, 1.165) is 36.3 Å². The lowest BCUT2D eigenvalue weighted by molar-refractivity contribution is 0.0697. The summed E-state index contributed by atoms with van der Waals surface area (Å²) >= 11 is 0. The zero-order valence-corrected chi connectivity index (χ0v) is 18.8. The van der Waals surface area contributed by atoms with Crippen molar-refractivity contribution in [2.24, 2.45) is 5.92 Å². The molecule has 0 bridgehead atoms. The maximum absolute atomic E-state index is 11.8. The van der Waals surface area contributed by atoms with Crippen LogP contribution >= 0.6 is 0 Å². The fourth-order valence-electron chi connectivity index (χ4n) is 5.62. The SMILES string of the molecule is CNCC[C@H]1COc2ccccc2-c2c(C3CCCCC3)c3ccc(C(=O)O)cc3n2C1. The van der Waals surface area contributed by atoms with Gasteiger partial charge >= 0.3 is 5.97 Å². The number of carboxylic acid groups (broad SMARTS) is 1. The number of aromatic nitrogens is 1. The quantitative estimate of drug-likeness (QED) is 0.545. The van der Waals surface area contributed by atoms with Crippen molar-refractivity contribution in [1.29, 1.82) is 0 Å². The summed E-state index contributed by atoms with van der Waals surface area (Å²) in [7, 11) is 1.98. The minimum absolute atomic E-state index is 0.345. The third-order valence-corrected chi connectivity index (χ3v) is 7.22. The number of fused-ring (bicyclic) bond motifs is 5. The van der Waals surface area contributed by atoms with E-state index in [2.05, 4.69) is 28.1 Å². The molecule has 0 spiro atoms. The number of aromatic carboxylic acids is 1. The number of nitrogens with one attached hydrogen (secondary N) is 1. The van der Waals surface area contributed by atoms with Gasteiger partial charge < -0.3 is 19.7 Å². The van der Waals surface area contributed by atoms with Crippen molar-refractivity contribution in [1.82, 2.24) is 9.88 Å². The van der Waals surface area contributed by atoms with E-state index in [4.69, 9.17) is 4.74 Å². The molecule has 5 rings (SSSR count). The van der Waals surface area contributed by atoms with Crippen molar-refractivity contribution in [3.63, 3.8) is 0 Å².